The van der Waals surface area contributed by atoms with Gasteiger partial charge in [-0.2, -0.15) is 0 Å². The third-order valence-electron chi connectivity index (χ3n) is 6.90. The minimum absolute atomic E-state index is 0.217. The number of nitrogens with one attached hydrogen (secondary N) is 2. The van der Waals surface area contributed by atoms with Gasteiger partial charge in [0.15, 0.2) is 0 Å². The van der Waals surface area contributed by atoms with Crippen LogP contribution in [0.3, 0.4) is 0 Å². The second-order valence-corrected chi connectivity index (χ2v) is 8.80. The molecule has 5 rings (SSSR count). The number of aromatic nitrogens is 2. The lowest BCUT2D eigenvalue weighted by Crippen LogP contribution is -2.49. The number of nitrogens with zero attached hydrogens (tertiary/aromatic N) is 2. The van der Waals surface area contributed by atoms with Crippen LogP contribution in [0.2, 0.25) is 0 Å². The first-order chi connectivity index (χ1) is 14.6. The number of likely N-dealkylation sites (tertiary alicyclic amines) is 1. The maximum Gasteiger partial charge on any atom is 0.256 e. The van der Waals surface area contributed by atoms with Gasteiger partial charge < -0.3 is 24.8 Å². The van der Waals surface area contributed by atoms with Crippen LogP contribution in [0.15, 0.2) is 41.2 Å². The highest BCUT2D eigenvalue weighted by Crippen LogP contribution is 2.37. The van der Waals surface area contributed by atoms with Crippen LogP contribution in [0.4, 0.5) is 0 Å². The summed E-state index contributed by atoms with van der Waals surface area (Å²) in [5.74, 6) is 1.28. The molecule has 1 saturated heterocycles. The topological polar surface area (TPSA) is 94.4 Å². The molecule has 0 radical (unpaired) electrons. The van der Waals surface area contributed by atoms with Gasteiger partial charge in [0.2, 0.25) is 0 Å². The van der Waals surface area contributed by atoms with E-state index in [1.165, 1.54) is 22.7 Å². The number of para-hydroxylation sites is 1. The lowest BCUT2D eigenvalue weighted by Gasteiger charge is -2.35. The van der Waals surface area contributed by atoms with Gasteiger partial charge in [-0.25, -0.2) is 0 Å². The molecule has 1 saturated carbocycles. The Labute approximate surface area is 175 Å². The zero-order chi connectivity index (χ0) is 20.7. The molecular weight excluding hydrogens is 380 g/mol. The van der Waals surface area contributed by atoms with Crippen molar-refractivity contribution in [3.8, 4) is 0 Å². The molecule has 3 heterocycles. The smallest absolute Gasteiger partial charge is 0.256 e. The highest BCUT2D eigenvalue weighted by atomic mass is 16.5. The van der Waals surface area contributed by atoms with Crippen LogP contribution in [0.25, 0.3) is 10.9 Å². The van der Waals surface area contributed by atoms with Crippen molar-refractivity contribution in [2.75, 3.05) is 19.6 Å². The summed E-state index contributed by atoms with van der Waals surface area (Å²) in [5.41, 5.74) is 2.98. The number of benzene rings is 1. The SMILES string of the molecule is Cc1oncc1C(=O)N[C@H]1C[C@H]2CN(CCc3c[nH]c4ccccc34)C[C@H]2C[C@@H]1O. The quantitative estimate of drug-likeness (QED) is 0.603. The summed E-state index contributed by atoms with van der Waals surface area (Å²) in [6, 6.07) is 8.20. The molecule has 2 fully saturated rings. The lowest BCUT2D eigenvalue weighted by molar-refractivity contribution is 0.0461. The van der Waals surface area contributed by atoms with E-state index in [0.717, 1.165) is 38.9 Å². The number of fused-ring (bicyclic) bond motifs is 2. The van der Waals surface area contributed by atoms with Crippen LogP contribution in [-0.4, -0.2) is 57.8 Å². The predicted molar refractivity (Wildman–Crippen MR) is 113 cm³/mol. The summed E-state index contributed by atoms with van der Waals surface area (Å²) in [6.07, 6.45) is 5.61. The number of aliphatic hydroxyl groups excluding tert-OH is 1. The molecule has 30 heavy (non-hydrogen) atoms. The minimum Gasteiger partial charge on any atom is -0.391 e. The molecule has 0 bridgehead atoms. The van der Waals surface area contributed by atoms with E-state index in [9.17, 15) is 9.90 Å². The van der Waals surface area contributed by atoms with Crippen molar-refractivity contribution >= 4 is 16.8 Å². The average Bonchev–Trinajstić information content (AvgIpc) is 3.44. The van der Waals surface area contributed by atoms with E-state index >= 15 is 0 Å². The second-order valence-electron chi connectivity index (χ2n) is 8.80. The van der Waals surface area contributed by atoms with Crippen molar-refractivity contribution in [3.63, 3.8) is 0 Å². The first kappa shape index (κ1) is 19.3. The zero-order valence-electron chi connectivity index (χ0n) is 17.2. The van der Waals surface area contributed by atoms with Crippen molar-refractivity contribution in [1.29, 1.82) is 0 Å². The van der Waals surface area contributed by atoms with Gasteiger partial charge in [-0.05, 0) is 49.7 Å². The molecular formula is C23H28N4O3. The maximum absolute atomic E-state index is 12.5. The second kappa shape index (κ2) is 7.89. The van der Waals surface area contributed by atoms with Crippen LogP contribution in [0, 0.1) is 18.8 Å². The van der Waals surface area contributed by atoms with Crippen molar-refractivity contribution in [1.82, 2.24) is 20.4 Å². The van der Waals surface area contributed by atoms with E-state index in [2.05, 4.69) is 50.8 Å². The van der Waals surface area contributed by atoms with Crippen LogP contribution in [0.1, 0.15) is 34.5 Å². The number of hydrogen-bond donors (Lipinski definition) is 3. The Morgan fingerprint density at radius 2 is 2.10 bits per heavy atom. The normalized spacial score (nSPS) is 26.7. The number of hydrogen-bond acceptors (Lipinski definition) is 5. The van der Waals surface area contributed by atoms with Crippen molar-refractivity contribution in [2.24, 2.45) is 11.8 Å². The maximum atomic E-state index is 12.5. The van der Waals surface area contributed by atoms with Crippen LogP contribution in [0.5, 0.6) is 0 Å². The highest BCUT2D eigenvalue weighted by molar-refractivity contribution is 5.95. The fourth-order valence-electron chi connectivity index (χ4n) is 5.25. The number of rotatable bonds is 5. The summed E-state index contributed by atoms with van der Waals surface area (Å²) in [7, 11) is 0. The summed E-state index contributed by atoms with van der Waals surface area (Å²) in [5, 5.41) is 18.6. The number of carbonyl (C=O) groups excluding carboxylic acids is 1. The molecule has 0 spiro atoms. The summed E-state index contributed by atoms with van der Waals surface area (Å²) in [4.78, 5) is 18.4. The lowest BCUT2D eigenvalue weighted by atomic mass is 9.77. The van der Waals surface area contributed by atoms with Gasteiger partial charge in [0.05, 0.1) is 18.3 Å². The van der Waals surface area contributed by atoms with Gasteiger partial charge in [-0.1, -0.05) is 23.4 Å². The Kier molecular flexibility index (Phi) is 5.08. The summed E-state index contributed by atoms with van der Waals surface area (Å²) in [6.45, 7) is 4.79. The van der Waals surface area contributed by atoms with E-state index in [-0.39, 0.29) is 11.9 Å². The zero-order valence-corrected chi connectivity index (χ0v) is 17.2. The molecule has 1 aliphatic carbocycles. The van der Waals surface area contributed by atoms with Gasteiger partial charge >= 0.3 is 0 Å². The standard InChI is InChI=1S/C23H28N4O3/c1-14-19(11-25-30-14)23(29)26-21-8-16-12-27(13-17(16)9-22(21)28)7-6-15-10-24-20-5-3-2-4-18(15)20/h2-5,10-11,16-17,21-22,24,28H,6-9,12-13H2,1H3,(H,26,29)/t16-,17+,21-,22-/m0/s1. The van der Waals surface area contributed by atoms with E-state index in [1.807, 2.05) is 0 Å². The fourth-order valence-corrected chi connectivity index (χ4v) is 5.25. The molecule has 4 atom stereocenters. The molecule has 7 heteroatoms. The van der Waals surface area contributed by atoms with Crippen LogP contribution >= 0.6 is 0 Å². The average molecular weight is 409 g/mol. The first-order valence-electron chi connectivity index (χ1n) is 10.8. The Bertz CT molecular complexity index is 1040. The molecule has 2 aliphatic rings. The van der Waals surface area contributed by atoms with Gasteiger partial charge in [0.1, 0.15) is 11.3 Å². The van der Waals surface area contributed by atoms with E-state index in [0.29, 0.717) is 23.2 Å². The fraction of sp³-hybridized carbons (Fsp3) is 0.478. The third kappa shape index (κ3) is 3.63. The van der Waals surface area contributed by atoms with Crippen molar-refractivity contribution in [2.45, 2.75) is 38.3 Å². The Hall–Kier alpha value is -2.64. The Balaban J connectivity index is 1.18. The monoisotopic (exact) mass is 408 g/mol. The Morgan fingerprint density at radius 1 is 1.30 bits per heavy atom. The Morgan fingerprint density at radius 3 is 2.90 bits per heavy atom. The molecule has 0 unspecified atom stereocenters. The van der Waals surface area contributed by atoms with E-state index < -0.39 is 6.10 Å². The van der Waals surface area contributed by atoms with Gasteiger partial charge in [-0.15, -0.1) is 0 Å². The van der Waals surface area contributed by atoms with E-state index in [4.69, 9.17) is 4.52 Å². The molecule has 1 amide bonds. The molecule has 1 aliphatic heterocycles. The first-order valence-corrected chi connectivity index (χ1v) is 10.8. The number of carbonyl (C=O) groups is 1. The van der Waals surface area contributed by atoms with Gasteiger partial charge in [-0.3, -0.25) is 4.79 Å². The predicted octanol–water partition coefficient (Wildman–Crippen LogP) is 2.51. The highest BCUT2D eigenvalue weighted by Gasteiger charge is 2.42. The third-order valence-corrected chi connectivity index (χ3v) is 6.90. The van der Waals surface area contributed by atoms with E-state index in [1.54, 1.807) is 6.92 Å². The number of aromatic amines is 1. The number of H-pyrrole nitrogens is 1. The summed E-state index contributed by atoms with van der Waals surface area (Å²) < 4.78 is 4.99. The number of aryl methyl sites for hydroxylation is 1. The number of amides is 1. The van der Waals surface area contributed by atoms with Crippen LogP contribution in [-0.2, 0) is 6.42 Å². The van der Waals surface area contributed by atoms with Crippen molar-refractivity contribution in [3.05, 3.63) is 53.5 Å². The minimum atomic E-state index is -0.510. The summed E-state index contributed by atoms with van der Waals surface area (Å²) >= 11 is 0. The molecule has 158 valence electrons. The molecule has 3 aromatic rings. The molecule has 7 nitrogen and oxygen atoms in total. The largest absolute Gasteiger partial charge is 0.391 e. The van der Waals surface area contributed by atoms with Gasteiger partial charge in [0, 0.05) is 36.7 Å². The molecule has 1 aromatic carbocycles. The van der Waals surface area contributed by atoms with Gasteiger partial charge in [0.25, 0.3) is 5.91 Å². The molecule has 3 N–H and O–H groups in total. The van der Waals surface area contributed by atoms with Crippen molar-refractivity contribution < 1.29 is 14.4 Å². The van der Waals surface area contributed by atoms with Crippen LogP contribution < -0.4 is 5.32 Å². The number of aliphatic hydroxyl groups is 1. The molecule has 2 aromatic heterocycles.